The van der Waals surface area contributed by atoms with E-state index in [1.165, 1.54) is 47.1 Å². The van der Waals surface area contributed by atoms with Gasteiger partial charge in [-0.1, -0.05) is 55.1 Å². The third kappa shape index (κ3) is 3.01. The highest BCUT2D eigenvalue weighted by atomic mass is 32.2. The molecule has 2 aliphatic rings. The number of likely N-dealkylation sites (N-methyl/N-ethyl adjacent to an activating group) is 1. The molecule has 2 heterocycles. The van der Waals surface area contributed by atoms with E-state index in [4.69, 9.17) is 0 Å². The second-order valence-electron chi connectivity index (χ2n) is 6.96. The van der Waals surface area contributed by atoms with Gasteiger partial charge in [0.1, 0.15) is 0 Å². The monoisotopic (exact) mass is 338 g/mol. The van der Waals surface area contributed by atoms with Crippen molar-refractivity contribution in [2.24, 2.45) is 0 Å². The van der Waals surface area contributed by atoms with E-state index < -0.39 is 0 Å². The minimum absolute atomic E-state index is 0.511. The minimum atomic E-state index is 0.511. The number of hydrogen-bond acceptors (Lipinski definition) is 3. The van der Waals surface area contributed by atoms with Gasteiger partial charge in [-0.2, -0.15) is 0 Å². The van der Waals surface area contributed by atoms with Gasteiger partial charge in [0.15, 0.2) is 0 Å². The van der Waals surface area contributed by atoms with E-state index in [1.54, 1.807) is 5.56 Å². The van der Waals surface area contributed by atoms with Gasteiger partial charge in [-0.15, -0.1) is 0 Å². The first-order valence-corrected chi connectivity index (χ1v) is 9.88. The number of hydrogen-bond donors (Lipinski definition) is 0. The maximum absolute atomic E-state index is 2.71. The average Bonchev–Trinajstić information content (AvgIpc) is 2.79. The molecule has 2 aliphatic heterocycles. The number of nitrogens with zero attached hydrogens (tertiary/aromatic N) is 2. The number of piperazine rings is 1. The zero-order valence-electron chi connectivity index (χ0n) is 14.7. The molecule has 0 aromatic heterocycles. The fourth-order valence-electron chi connectivity index (χ4n) is 3.93. The van der Waals surface area contributed by atoms with Crippen molar-refractivity contribution in [3.8, 4) is 0 Å². The normalized spacial score (nSPS) is 21.8. The Labute approximate surface area is 149 Å². The van der Waals surface area contributed by atoms with Crippen LogP contribution >= 0.6 is 11.8 Å². The standard InChI is InChI=1S/C21H26N2S/c1-3-16-8-6-9-18-19(23-13-11-22(2)12-14-23)15-17-7-4-5-10-20(17)24-21(16)18/h4-10,19H,3,11-15H2,1-2H3. The Morgan fingerprint density at radius 1 is 1.00 bits per heavy atom. The predicted octanol–water partition coefficient (Wildman–Crippen LogP) is 4.24. The van der Waals surface area contributed by atoms with Crippen molar-refractivity contribution in [3.05, 3.63) is 59.2 Å². The molecule has 0 radical (unpaired) electrons. The van der Waals surface area contributed by atoms with E-state index in [1.807, 2.05) is 11.8 Å². The maximum Gasteiger partial charge on any atom is 0.0401 e. The first-order valence-electron chi connectivity index (χ1n) is 9.06. The van der Waals surface area contributed by atoms with Gasteiger partial charge in [-0.25, -0.2) is 0 Å². The lowest BCUT2D eigenvalue weighted by molar-refractivity contribution is 0.110. The molecular weight excluding hydrogens is 312 g/mol. The van der Waals surface area contributed by atoms with Crippen LogP contribution in [0.3, 0.4) is 0 Å². The Morgan fingerprint density at radius 2 is 1.79 bits per heavy atom. The van der Waals surface area contributed by atoms with Crippen molar-refractivity contribution in [2.75, 3.05) is 33.2 Å². The maximum atomic E-state index is 2.71. The molecule has 126 valence electrons. The molecule has 0 amide bonds. The van der Waals surface area contributed by atoms with Gasteiger partial charge in [0.2, 0.25) is 0 Å². The van der Waals surface area contributed by atoms with Gasteiger partial charge in [0.25, 0.3) is 0 Å². The molecule has 1 unspecified atom stereocenters. The molecule has 2 aromatic rings. The highest BCUT2D eigenvalue weighted by molar-refractivity contribution is 7.99. The molecule has 0 spiro atoms. The summed E-state index contributed by atoms with van der Waals surface area (Å²) >= 11 is 1.99. The van der Waals surface area contributed by atoms with Gasteiger partial charge in [0, 0.05) is 42.0 Å². The zero-order valence-corrected chi connectivity index (χ0v) is 15.5. The summed E-state index contributed by atoms with van der Waals surface area (Å²) in [5, 5.41) is 0. The molecule has 24 heavy (non-hydrogen) atoms. The molecule has 0 aliphatic carbocycles. The summed E-state index contributed by atoms with van der Waals surface area (Å²) in [5.41, 5.74) is 4.54. The van der Waals surface area contributed by atoms with Crippen molar-refractivity contribution >= 4 is 11.8 Å². The quantitative estimate of drug-likeness (QED) is 0.808. The summed E-state index contributed by atoms with van der Waals surface area (Å²) in [5.74, 6) is 0. The lowest BCUT2D eigenvalue weighted by atomic mass is 9.95. The highest BCUT2D eigenvalue weighted by Crippen LogP contribution is 2.44. The SMILES string of the molecule is CCc1cccc2c1Sc1ccccc1CC2N1CCN(C)CC1. The zero-order chi connectivity index (χ0) is 16.5. The largest absolute Gasteiger partial charge is 0.304 e. The topological polar surface area (TPSA) is 6.48 Å². The number of aryl methyl sites for hydroxylation is 1. The molecule has 1 saturated heterocycles. The van der Waals surface area contributed by atoms with E-state index in [0.717, 1.165) is 12.8 Å². The molecular formula is C21H26N2S. The molecule has 0 N–H and O–H groups in total. The van der Waals surface area contributed by atoms with E-state index in [0.29, 0.717) is 6.04 Å². The third-order valence-corrected chi connectivity index (χ3v) is 6.76. The van der Waals surface area contributed by atoms with Crippen LogP contribution < -0.4 is 0 Å². The lowest BCUT2D eigenvalue weighted by Crippen LogP contribution is -2.46. The first kappa shape index (κ1) is 16.2. The summed E-state index contributed by atoms with van der Waals surface area (Å²) in [7, 11) is 2.23. The van der Waals surface area contributed by atoms with E-state index in [2.05, 4.69) is 66.2 Å². The van der Waals surface area contributed by atoms with Crippen molar-refractivity contribution in [1.82, 2.24) is 9.80 Å². The third-order valence-electron chi connectivity index (χ3n) is 5.44. The van der Waals surface area contributed by atoms with Crippen molar-refractivity contribution in [2.45, 2.75) is 35.6 Å². The minimum Gasteiger partial charge on any atom is -0.304 e. The number of benzene rings is 2. The smallest absolute Gasteiger partial charge is 0.0401 e. The second kappa shape index (κ2) is 6.91. The van der Waals surface area contributed by atoms with E-state index in [9.17, 15) is 0 Å². The molecule has 2 aromatic carbocycles. The Morgan fingerprint density at radius 3 is 2.58 bits per heavy atom. The predicted molar refractivity (Wildman–Crippen MR) is 102 cm³/mol. The summed E-state index contributed by atoms with van der Waals surface area (Å²) in [6, 6.07) is 16.4. The Hall–Kier alpha value is -1.29. The van der Waals surface area contributed by atoms with Crippen LogP contribution in [0.1, 0.15) is 29.7 Å². The Bertz CT molecular complexity index is 720. The molecule has 0 bridgehead atoms. The van der Waals surface area contributed by atoms with Crippen LogP contribution in [-0.4, -0.2) is 43.0 Å². The lowest BCUT2D eigenvalue weighted by Gasteiger charge is -2.38. The fourth-order valence-corrected chi connectivity index (χ4v) is 5.24. The summed E-state index contributed by atoms with van der Waals surface area (Å²) in [4.78, 5) is 8.10. The van der Waals surface area contributed by atoms with Crippen LogP contribution in [0.25, 0.3) is 0 Å². The Balaban J connectivity index is 1.79. The fraction of sp³-hybridized carbons (Fsp3) is 0.429. The molecule has 1 atom stereocenters. The molecule has 0 saturated carbocycles. The van der Waals surface area contributed by atoms with Crippen molar-refractivity contribution in [3.63, 3.8) is 0 Å². The van der Waals surface area contributed by atoms with Crippen LogP contribution in [0.15, 0.2) is 52.3 Å². The Kier molecular flexibility index (Phi) is 4.66. The molecule has 3 heteroatoms. The summed E-state index contributed by atoms with van der Waals surface area (Å²) < 4.78 is 0. The van der Waals surface area contributed by atoms with Gasteiger partial charge >= 0.3 is 0 Å². The van der Waals surface area contributed by atoms with Crippen LogP contribution in [0, 0.1) is 0 Å². The number of rotatable bonds is 2. The summed E-state index contributed by atoms with van der Waals surface area (Å²) in [6.07, 6.45) is 2.24. The highest BCUT2D eigenvalue weighted by Gasteiger charge is 2.29. The van der Waals surface area contributed by atoms with Gasteiger partial charge in [-0.05, 0) is 42.6 Å². The average molecular weight is 339 g/mol. The summed E-state index contributed by atoms with van der Waals surface area (Å²) in [6.45, 7) is 6.97. The van der Waals surface area contributed by atoms with Crippen molar-refractivity contribution in [1.29, 1.82) is 0 Å². The van der Waals surface area contributed by atoms with E-state index in [-0.39, 0.29) is 0 Å². The number of fused-ring (bicyclic) bond motifs is 2. The van der Waals surface area contributed by atoms with Crippen molar-refractivity contribution < 1.29 is 0 Å². The van der Waals surface area contributed by atoms with Gasteiger partial charge in [-0.3, -0.25) is 4.90 Å². The van der Waals surface area contributed by atoms with Crippen LogP contribution in [0.4, 0.5) is 0 Å². The molecule has 4 rings (SSSR count). The van der Waals surface area contributed by atoms with Crippen LogP contribution in [0.2, 0.25) is 0 Å². The van der Waals surface area contributed by atoms with Gasteiger partial charge < -0.3 is 4.90 Å². The van der Waals surface area contributed by atoms with Crippen LogP contribution in [0.5, 0.6) is 0 Å². The van der Waals surface area contributed by atoms with E-state index >= 15 is 0 Å². The van der Waals surface area contributed by atoms with Gasteiger partial charge in [0.05, 0.1) is 0 Å². The van der Waals surface area contributed by atoms with Crippen LogP contribution in [-0.2, 0) is 12.8 Å². The molecule has 2 nitrogen and oxygen atoms in total. The second-order valence-corrected chi connectivity index (χ2v) is 8.01. The first-order chi connectivity index (χ1) is 11.8. The molecule has 1 fully saturated rings.